The van der Waals surface area contributed by atoms with Gasteiger partial charge in [-0.3, -0.25) is 4.79 Å². The minimum atomic E-state index is -0.0278. The van der Waals surface area contributed by atoms with Crippen LogP contribution in [-0.2, 0) is 19.0 Å². The van der Waals surface area contributed by atoms with Gasteiger partial charge in [0.25, 0.3) is 6.47 Å². The second-order valence-electron chi connectivity index (χ2n) is 5.29. The average molecular weight is 275 g/mol. The molecular weight excluding hydrogens is 246 g/mol. The van der Waals surface area contributed by atoms with Gasteiger partial charge in [-0.25, -0.2) is 0 Å². The molecule has 2 aliphatic heterocycles. The van der Waals surface area contributed by atoms with E-state index in [1.807, 2.05) is 13.8 Å². The molecule has 0 amide bonds. The highest BCUT2D eigenvalue weighted by molar-refractivity contribution is 5.36. The van der Waals surface area contributed by atoms with E-state index in [1.54, 1.807) is 6.92 Å². The topological polar surface area (TPSA) is 48.0 Å². The molecule has 0 spiro atoms. The van der Waals surface area contributed by atoms with Gasteiger partial charge in [-0.1, -0.05) is 6.42 Å². The normalized spacial score (nSPS) is 21.5. The van der Waals surface area contributed by atoms with E-state index in [2.05, 4.69) is 16.7 Å². The smallest absolute Gasteiger partial charge is 0.293 e. The molecule has 0 unspecified atom stereocenters. The van der Waals surface area contributed by atoms with Gasteiger partial charge < -0.3 is 19.1 Å². The van der Waals surface area contributed by atoms with E-state index in [0.29, 0.717) is 19.9 Å². The van der Waals surface area contributed by atoms with Crippen molar-refractivity contribution in [2.24, 2.45) is 0 Å². The van der Waals surface area contributed by atoms with Crippen LogP contribution in [0.15, 0.2) is 0 Å². The molecule has 0 saturated carbocycles. The van der Waals surface area contributed by atoms with E-state index in [0.717, 1.165) is 6.61 Å². The zero-order valence-electron chi connectivity index (χ0n) is 12.8. The van der Waals surface area contributed by atoms with Gasteiger partial charge in [0.05, 0.1) is 18.8 Å². The predicted octanol–water partition coefficient (Wildman–Crippen LogP) is 2.05. The lowest BCUT2D eigenvalue weighted by Crippen LogP contribution is -2.24. The lowest BCUT2D eigenvalue weighted by atomic mass is 10.1. The average Bonchev–Trinajstić information content (AvgIpc) is 2.77. The van der Waals surface area contributed by atoms with E-state index >= 15 is 0 Å². The molecule has 0 N–H and O–H groups in total. The van der Waals surface area contributed by atoms with E-state index in [1.165, 1.54) is 32.4 Å². The number of likely N-dealkylation sites (tertiary alicyclic amines) is 1. The summed E-state index contributed by atoms with van der Waals surface area (Å²) in [6, 6.07) is 0. The zero-order valence-corrected chi connectivity index (χ0v) is 12.8. The van der Waals surface area contributed by atoms with Crippen LogP contribution in [0.5, 0.6) is 0 Å². The first-order valence-corrected chi connectivity index (χ1v) is 6.97. The molecule has 2 rings (SSSR count). The number of nitrogens with zero attached hydrogens (tertiary/aromatic N) is 1. The Morgan fingerprint density at radius 3 is 2.05 bits per heavy atom. The summed E-state index contributed by atoms with van der Waals surface area (Å²) in [4.78, 5) is 11.6. The molecule has 0 aliphatic carbocycles. The van der Waals surface area contributed by atoms with Crippen LogP contribution in [0.25, 0.3) is 0 Å². The molecule has 0 radical (unpaired) electrons. The van der Waals surface area contributed by atoms with Crippen molar-refractivity contribution in [1.82, 2.24) is 4.90 Å². The van der Waals surface area contributed by atoms with Crippen molar-refractivity contribution >= 4 is 6.47 Å². The summed E-state index contributed by atoms with van der Waals surface area (Å²) in [6.07, 6.45) is 4.28. The largest absolute Gasteiger partial charge is 0.468 e. The summed E-state index contributed by atoms with van der Waals surface area (Å²) in [5.41, 5.74) is -0.0278. The molecule has 5 heteroatoms. The Morgan fingerprint density at radius 2 is 1.89 bits per heavy atom. The fourth-order valence-electron chi connectivity index (χ4n) is 1.65. The van der Waals surface area contributed by atoms with Crippen molar-refractivity contribution in [1.29, 1.82) is 0 Å². The first-order chi connectivity index (χ1) is 9.02. The summed E-state index contributed by atoms with van der Waals surface area (Å²) in [5.74, 6) is 0. The minimum absolute atomic E-state index is 0.0278. The van der Waals surface area contributed by atoms with Crippen molar-refractivity contribution in [3.8, 4) is 0 Å². The summed E-state index contributed by atoms with van der Waals surface area (Å²) < 4.78 is 14.2. The van der Waals surface area contributed by atoms with Gasteiger partial charge >= 0.3 is 0 Å². The van der Waals surface area contributed by atoms with Gasteiger partial charge in [-0.2, -0.15) is 0 Å². The molecule has 114 valence electrons. The quantitative estimate of drug-likeness (QED) is 0.722. The van der Waals surface area contributed by atoms with Gasteiger partial charge in [0.15, 0.2) is 0 Å². The minimum Gasteiger partial charge on any atom is -0.468 e. The number of hydrogen-bond acceptors (Lipinski definition) is 5. The Morgan fingerprint density at radius 1 is 1.26 bits per heavy atom. The van der Waals surface area contributed by atoms with E-state index < -0.39 is 0 Å². The Hall–Kier alpha value is -0.650. The molecule has 5 nitrogen and oxygen atoms in total. The summed E-state index contributed by atoms with van der Waals surface area (Å²) in [5, 5.41) is 0. The van der Waals surface area contributed by atoms with Crippen LogP contribution in [0.1, 0.15) is 40.0 Å². The molecule has 2 fully saturated rings. The van der Waals surface area contributed by atoms with E-state index in [-0.39, 0.29) is 5.60 Å². The van der Waals surface area contributed by atoms with Crippen molar-refractivity contribution in [3.63, 3.8) is 0 Å². The second kappa shape index (κ2) is 11.2. The highest BCUT2D eigenvalue weighted by Crippen LogP contribution is 2.14. The number of carbonyl (C=O) groups excluding carboxylic acids is 1. The Labute approximate surface area is 117 Å². The number of hydrogen-bond donors (Lipinski definition) is 0. The van der Waals surface area contributed by atoms with Crippen molar-refractivity contribution in [2.75, 3.05) is 40.1 Å². The predicted molar refractivity (Wildman–Crippen MR) is 75.0 cm³/mol. The lowest BCUT2D eigenvalue weighted by molar-refractivity contribution is -0.128. The van der Waals surface area contributed by atoms with Gasteiger partial charge in [0.1, 0.15) is 6.79 Å². The molecule has 2 heterocycles. The van der Waals surface area contributed by atoms with Gasteiger partial charge in [-0.05, 0) is 53.8 Å². The molecule has 2 aliphatic rings. The van der Waals surface area contributed by atoms with Crippen LogP contribution < -0.4 is 0 Å². The Bertz CT molecular complexity index is 207. The highest BCUT2D eigenvalue weighted by atomic mass is 16.7. The maximum atomic E-state index is 9.18. The van der Waals surface area contributed by atoms with Crippen LogP contribution in [0.4, 0.5) is 0 Å². The third kappa shape index (κ3) is 12.1. The molecule has 0 atom stereocenters. The molecule has 0 aromatic rings. The second-order valence-corrected chi connectivity index (χ2v) is 5.29. The van der Waals surface area contributed by atoms with Crippen LogP contribution in [0, 0.1) is 0 Å². The number of piperidine rings is 1. The fourth-order valence-corrected chi connectivity index (χ4v) is 1.65. The van der Waals surface area contributed by atoms with Crippen LogP contribution >= 0.6 is 0 Å². The number of carbonyl (C=O) groups is 1. The first kappa shape index (κ1) is 18.4. The third-order valence-corrected chi connectivity index (χ3v) is 2.80. The Kier molecular flexibility index (Phi) is 10.8. The summed E-state index contributed by atoms with van der Waals surface area (Å²) in [7, 11) is 2.19. The zero-order chi connectivity index (χ0) is 14.6. The van der Waals surface area contributed by atoms with Gasteiger partial charge in [-0.15, -0.1) is 0 Å². The van der Waals surface area contributed by atoms with Crippen molar-refractivity contribution in [3.05, 3.63) is 0 Å². The maximum Gasteiger partial charge on any atom is 0.293 e. The van der Waals surface area contributed by atoms with Crippen molar-refractivity contribution in [2.45, 2.75) is 45.6 Å². The van der Waals surface area contributed by atoms with Gasteiger partial charge in [0, 0.05) is 0 Å². The monoisotopic (exact) mass is 275 g/mol. The molecular formula is C14H29NO4. The van der Waals surface area contributed by atoms with E-state index in [9.17, 15) is 4.79 Å². The van der Waals surface area contributed by atoms with Crippen molar-refractivity contribution < 1.29 is 19.0 Å². The van der Waals surface area contributed by atoms with Gasteiger partial charge in [0.2, 0.25) is 0 Å². The SMILES string of the molecule is CC1(C)COCO1.CCOC=O.CN1CCCCC1. The summed E-state index contributed by atoms with van der Waals surface area (Å²) >= 11 is 0. The molecule has 19 heavy (non-hydrogen) atoms. The maximum absolute atomic E-state index is 9.18. The fraction of sp³-hybridized carbons (Fsp3) is 0.929. The van der Waals surface area contributed by atoms with E-state index in [4.69, 9.17) is 9.47 Å². The Balaban J connectivity index is 0.000000261. The molecule has 2 saturated heterocycles. The van der Waals surface area contributed by atoms with Crippen LogP contribution in [-0.4, -0.2) is 57.1 Å². The number of rotatable bonds is 2. The first-order valence-electron chi connectivity index (χ1n) is 6.97. The molecule has 0 aromatic heterocycles. The van der Waals surface area contributed by atoms with Crippen LogP contribution in [0.2, 0.25) is 0 Å². The molecule has 0 bridgehead atoms. The third-order valence-electron chi connectivity index (χ3n) is 2.80. The highest BCUT2D eigenvalue weighted by Gasteiger charge is 2.23. The standard InChI is InChI=1S/C6H13N.C5H10O2.C3H6O2/c1-7-5-3-2-4-6-7;1-5(2)3-6-4-7-5;1-2-5-3-4/h2-6H2,1H3;3-4H2,1-2H3;3H,2H2,1H3. The summed E-state index contributed by atoms with van der Waals surface area (Å²) in [6.45, 7) is 10.5. The molecule has 0 aromatic carbocycles. The lowest BCUT2D eigenvalue weighted by Gasteiger charge is -2.20. The number of ether oxygens (including phenoxy) is 3. The van der Waals surface area contributed by atoms with Crippen LogP contribution in [0.3, 0.4) is 0 Å².